The summed E-state index contributed by atoms with van der Waals surface area (Å²) < 4.78 is 16.0. The summed E-state index contributed by atoms with van der Waals surface area (Å²) >= 11 is 0. The molecule has 1 N–H and O–H groups in total. The lowest BCUT2D eigenvalue weighted by Gasteiger charge is -2.24. The van der Waals surface area contributed by atoms with Crippen LogP contribution >= 0.6 is 0 Å². The number of esters is 3. The van der Waals surface area contributed by atoms with Crippen LogP contribution < -0.4 is 10.2 Å². The molecule has 0 heterocycles. The first-order chi connectivity index (χ1) is 18.1. The molecule has 9 heteroatoms. The van der Waals surface area contributed by atoms with Gasteiger partial charge >= 0.3 is 17.9 Å². The van der Waals surface area contributed by atoms with Gasteiger partial charge in [-0.3, -0.25) is 19.2 Å². The van der Waals surface area contributed by atoms with Crippen molar-refractivity contribution in [1.29, 1.82) is 0 Å². The highest BCUT2D eigenvalue weighted by Crippen LogP contribution is 2.22. The molecule has 0 bridgehead atoms. The molecule has 1 atom stereocenters. The molecule has 39 heavy (non-hydrogen) atoms. The minimum Gasteiger partial charge on any atom is -0.460 e. The van der Waals surface area contributed by atoms with E-state index >= 15 is 0 Å². The zero-order valence-electron chi connectivity index (χ0n) is 23.8. The van der Waals surface area contributed by atoms with Gasteiger partial charge in [-0.25, -0.2) is 10.3 Å². The van der Waals surface area contributed by atoms with Crippen LogP contribution in [0.2, 0.25) is 0 Å². The highest BCUT2D eigenvalue weighted by atomic mass is 16.6. The lowest BCUT2D eigenvalue weighted by Crippen LogP contribution is -2.31. The number of hydrogen-bond acceptors (Lipinski definition) is 8. The molecule has 212 valence electrons. The number of carbonyl (C=O) groups excluding carboxylic acids is 4. The molecule has 0 spiro atoms. The first-order valence-corrected chi connectivity index (χ1v) is 12.8. The molecule has 0 radical (unpaired) electrons. The van der Waals surface area contributed by atoms with Crippen LogP contribution in [0.5, 0.6) is 5.75 Å². The Labute approximate surface area is 230 Å². The molecule has 1 amide bonds. The molecule has 0 aliphatic heterocycles. The predicted molar refractivity (Wildman–Crippen MR) is 145 cm³/mol. The van der Waals surface area contributed by atoms with Gasteiger partial charge in [0.15, 0.2) is 0 Å². The summed E-state index contributed by atoms with van der Waals surface area (Å²) in [4.78, 5) is 54.2. The number of hydroxylamine groups is 1. The van der Waals surface area contributed by atoms with Crippen molar-refractivity contribution in [3.05, 3.63) is 65.2 Å². The topological polar surface area (TPSA) is 117 Å². The fourth-order valence-corrected chi connectivity index (χ4v) is 3.51. The number of ether oxygens (including phenoxy) is 3. The van der Waals surface area contributed by atoms with Crippen molar-refractivity contribution in [3.8, 4) is 5.75 Å². The monoisotopic (exact) mass is 541 g/mol. The van der Waals surface area contributed by atoms with Crippen LogP contribution in [0.1, 0.15) is 82.8 Å². The van der Waals surface area contributed by atoms with E-state index < -0.39 is 35.0 Å². The molecule has 0 fully saturated rings. The molecule has 2 rings (SSSR count). The van der Waals surface area contributed by atoms with Gasteiger partial charge in [-0.2, -0.15) is 0 Å². The standard InChI is InChI=1S/C30H39NO8/c1-20(32)37-25-14-11-21(12-15-25)19-36-31-26(33)16-13-24(28(35)39-30(5,6)7)18-22-9-8-10-23(17-22)27(34)38-29(2,3)4/h8-12,14-15,17,24H,13,16,18-19H2,1-7H3,(H,31,33)/t24-/m0/s1. The minimum absolute atomic E-state index is 0.0288. The average Bonchev–Trinajstić information content (AvgIpc) is 2.80. The summed E-state index contributed by atoms with van der Waals surface area (Å²) in [5.74, 6) is -1.87. The smallest absolute Gasteiger partial charge is 0.338 e. The molecule has 2 aromatic rings. The van der Waals surface area contributed by atoms with Gasteiger partial charge in [0.05, 0.1) is 18.1 Å². The van der Waals surface area contributed by atoms with Crippen LogP contribution in [-0.2, 0) is 41.7 Å². The fraction of sp³-hybridized carbons (Fsp3) is 0.467. The maximum atomic E-state index is 13.0. The van der Waals surface area contributed by atoms with E-state index in [1.54, 1.807) is 84.0 Å². The maximum Gasteiger partial charge on any atom is 0.338 e. The predicted octanol–water partition coefficient (Wildman–Crippen LogP) is 5.10. The number of carbonyl (C=O) groups is 4. The van der Waals surface area contributed by atoms with Crippen molar-refractivity contribution >= 4 is 23.8 Å². The average molecular weight is 542 g/mol. The summed E-state index contributed by atoms with van der Waals surface area (Å²) in [7, 11) is 0. The van der Waals surface area contributed by atoms with Crippen molar-refractivity contribution in [2.24, 2.45) is 5.92 Å². The molecule has 0 saturated heterocycles. The van der Waals surface area contributed by atoms with Crippen LogP contribution in [0.4, 0.5) is 0 Å². The van der Waals surface area contributed by atoms with Crippen molar-refractivity contribution in [2.45, 2.75) is 85.5 Å². The second kappa shape index (κ2) is 13.9. The third-order valence-electron chi connectivity index (χ3n) is 5.11. The SMILES string of the molecule is CC(=O)Oc1ccc(CONC(=O)CC[C@@H](Cc2cccc(C(=O)OC(C)(C)C)c2)C(=O)OC(C)(C)C)cc1. The number of amides is 1. The Hall–Kier alpha value is -3.72. The first kappa shape index (κ1) is 31.5. The lowest BCUT2D eigenvalue weighted by atomic mass is 9.93. The van der Waals surface area contributed by atoms with Crippen molar-refractivity contribution in [2.75, 3.05) is 0 Å². The molecule has 0 aliphatic rings. The summed E-state index contributed by atoms with van der Waals surface area (Å²) in [6.45, 7) is 12.2. The highest BCUT2D eigenvalue weighted by molar-refractivity contribution is 5.90. The van der Waals surface area contributed by atoms with E-state index in [1.807, 2.05) is 6.07 Å². The molecular formula is C30H39NO8. The Morgan fingerprint density at radius 3 is 2.08 bits per heavy atom. The van der Waals surface area contributed by atoms with E-state index in [2.05, 4.69) is 5.48 Å². The number of benzene rings is 2. The quantitative estimate of drug-likeness (QED) is 0.237. The zero-order chi connectivity index (χ0) is 29.2. The van der Waals surface area contributed by atoms with E-state index in [-0.39, 0.29) is 31.8 Å². The van der Waals surface area contributed by atoms with Crippen LogP contribution in [0, 0.1) is 5.92 Å². The van der Waals surface area contributed by atoms with Gasteiger partial charge in [0, 0.05) is 13.3 Å². The molecule has 0 unspecified atom stereocenters. The van der Waals surface area contributed by atoms with Crippen molar-refractivity contribution < 1.29 is 38.2 Å². The van der Waals surface area contributed by atoms with Gasteiger partial charge in [-0.05, 0) is 89.8 Å². The van der Waals surface area contributed by atoms with Crippen LogP contribution in [0.3, 0.4) is 0 Å². The normalized spacial score (nSPS) is 12.3. The summed E-state index contributed by atoms with van der Waals surface area (Å²) in [6.07, 6.45) is 0.535. The fourth-order valence-electron chi connectivity index (χ4n) is 3.51. The highest BCUT2D eigenvalue weighted by Gasteiger charge is 2.27. The lowest BCUT2D eigenvalue weighted by molar-refractivity contribution is -0.160. The third-order valence-corrected chi connectivity index (χ3v) is 5.11. The Morgan fingerprint density at radius 2 is 1.49 bits per heavy atom. The Morgan fingerprint density at radius 1 is 0.846 bits per heavy atom. The number of hydrogen-bond donors (Lipinski definition) is 1. The summed E-state index contributed by atoms with van der Waals surface area (Å²) in [5, 5.41) is 0. The number of nitrogens with one attached hydrogen (secondary N) is 1. The molecule has 0 aromatic heterocycles. The van der Waals surface area contributed by atoms with E-state index in [0.717, 1.165) is 11.1 Å². The van der Waals surface area contributed by atoms with E-state index in [1.165, 1.54) is 6.92 Å². The third kappa shape index (κ3) is 12.6. The van der Waals surface area contributed by atoms with Gasteiger partial charge in [-0.1, -0.05) is 24.3 Å². The van der Waals surface area contributed by atoms with Crippen molar-refractivity contribution in [1.82, 2.24) is 5.48 Å². The zero-order valence-corrected chi connectivity index (χ0v) is 23.8. The molecule has 0 saturated carbocycles. The van der Waals surface area contributed by atoms with Gasteiger partial charge in [0.2, 0.25) is 5.91 Å². The Balaban J connectivity index is 1.98. The van der Waals surface area contributed by atoms with E-state index in [4.69, 9.17) is 19.0 Å². The Bertz CT molecular complexity index is 1140. The molecule has 0 aliphatic carbocycles. The summed E-state index contributed by atoms with van der Waals surface area (Å²) in [5.41, 5.74) is 2.98. The maximum absolute atomic E-state index is 13.0. The van der Waals surface area contributed by atoms with Crippen LogP contribution in [-0.4, -0.2) is 35.0 Å². The van der Waals surface area contributed by atoms with Gasteiger partial charge < -0.3 is 14.2 Å². The first-order valence-electron chi connectivity index (χ1n) is 12.8. The minimum atomic E-state index is -0.690. The van der Waals surface area contributed by atoms with E-state index in [0.29, 0.717) is 11.3 Å². The largest absolute Gasteiger partial charge is 0.460 e. The van der Waals surface area contributed by atoms with Gasteiger partial charge in [-0.15, -0.1) is 0 Å². The number of rotatable bonds is 11. The molecule has 9 nitrogen and oxygen atoms in total. The van der Waals surface area contributed by atoms with Crippen molar-refractivity contribution in [3.63, 3.8) is 0 Å². The second-order valence-electron chi connectivity index (χ2n) is 11.2. The molecular weight excluding hydrogens is 502 g/mol. The summed E-state index contributed by atoms with van der Waals surface area (Å²) in [6, 6.07) is 13.6. The van der Waals surface area contributed by atoms with E-state index in [9.17, 15) is 19.2 Å². The van der Waals surface area contributed by atoms with Gasteiger partial charge in [0.25, 0.3) is 0 Å². The van der Waals surface area contributed by atoms with Crippen LogP contribution in [0.15, 0.2) is 48.5 Å². The Kier molecular flexibility index (Phi) is 11.2. The second-order valence-corrected chi connectivity index (χ2v) is 11.2. The van der Waals surface area contributed by atoms with Gasteiger partial charge in [0.1, 0.15) is 17.0 Å². The molecule has 2 aromatic carbocycles. The van der Waals surface area contributed by atoms with Crippen LogP contribution in [0.25, 0.3) is 0 Å².